The number of aromatic amines is 1. The summed E-state index contributed by atoms with van der Waals surface area (Å²) >= 11 is 0. The van der Waals surface area contributed by atoms with E-state index in [2.05, 4.69) is 32.8 Å². The number of H-pyrrole nitrogens is 1. The van der Waals surface area contributed by atoms with Crippen molar-refractivity contribution < 1.29 is 9.90 Å². The maximum atomic E-state index is 13.0. The number of aryl methyl sites for hydroxylation is 3. The predicted molar refractivity (Wildman–Crippen MR) is 136 cm³/mol. The smallest absolute Gasteiger partial charge is 0.257 e. The number of rotatable bonds is 8. The lowest BCUT2D eigenvalue weighted by molar-refractivity contribution is -0.127. The van der Waals surface area contributed by atoms with Gasteiger partial charge >= 0.3 is 0 Å². The van der Waals surface area contributed by atoms with E-state index in [1.165, 1.54) is 0 Å². The average Bonchev–Trinajstić information content (AvgIpc) is 3.40. The molecule has 1 aliphatic heterocycles. The van der Waals surface area contributed by atoms with Crippen molar-refractivity contribution in [2.75, 3.05) is 11.4 Å². The molecule has 0 radical (unpaired) electrons. The molecule has 9 heteroatoms. The maximum absolute atomic E-state index is 13.0. The van der Waals surface area contributed by atoms with Gasteiger partial charge in [-0.15, -0.1) is 10.2 Å². The van der Waals surface area contributed by atoms with E-state index in [-0.39, 0.29) is 12.3 Å². The third-order valence-electron chi connectivity index (χ3n) is 6.46. The van der Waals surface area contributed by atoms with Crippen LogP contribution in [0.5, 0.6) is 0 Å². The van der Waals surface area contributed by atoms with E-state index >= 15 is 0 Å². The zero-order chi connectivity index (χ0) is 25.1. The summed E-state index contributed by atoms with van der Waals surface area (Å²) in [6.07, 6.45) is 2.27. The van der Waals surface area contributed by atoms with E-state index in [0.29, 0.717) is 23.9 Å². The second kappa shape index (κ2) is 10.3. The van der Waals surface area contributed by atoms with Crippen LogP contribution in [0.1, 0.15) is 41.9 Å². The largest absolute Gasteiger partial charge is 0.383 e. The lowest BCUT2D eigenvalue weighted by Crippen LogP contribution is -2.46. The molecule has 3 heterocycles. The number of tetrazole rings is 1. The first-order chi connectivity index (χ1) is 17.5. The van der Waals surface area contributed by atoms with Gasteiger partial charge < -0.3 is 5.11 Å². The summed E-state index contributed by atoms with van der Waals surface area (Å²) in [6.45, 7) is 4.55. The molecule has 2 aromatic heterocycles. The van der Waals surface area contributed by atoms with E-state index in [1.54, 1.807) is 4.90 Å². The molecule has 9 nitrogen and oxygen atoms in total. The molecule has 0 saturated heterocycles. The van der Waals surface area contributed by atoms with Crippen LogP contribution in [-0.2, 0) is 17.6 Å². The summed E-state index contributed by atoms with van der Waals surface area (Å²) < 4.78 is 0. The average molecular weight is 484 g/mol. The summed E-state index contributed by atoms with van der Waals surface area (Å²) in [5, 5.41) is 24.5. The number of carbonyl (C=O) groups excluding carboxylic acids is 1. The molecular formula is C27H29N7O2. The van der Waals surface area contributed by atoms with Crippen LogP contribution in [0.3, 0.4) is 0 Å². The number of aliphatic hydroxyl groups is 1. The van der Waals surface area contributed by atoms with Gasteiger partial charge in [0, 0.05) is 30.5 Å². The number of unbranched alkanes of at least 4 members (excludes halogenated alkanes) is 2. The summed E-state index contributed by atoms with van der Waals surface area (Å²) in [4.78, 5) is 24.6. The summed E-state index contributed by atoms with van der Waals surface area (Å²) in [6, 6.07) is 16.3. The molecule has 0 spiro atoms. The number of fused-ring (bicyclic) bond motifs is 1. The monoisotopic (exact) mass is 483 g/mol. The molecule has 0 aliphatic carbocycles. The van der Waals surface area contributed by atoms with Crippen LogP contribution in [0.4, 0.5) is 5.82 Å². The van der Waals surface area contributed by atoms with Gasteiger partial charge in [-0.1, -0.05) is 71.3 Å². The number of nitrogens with zero attached hydrogens (tertiary/aromatic N) is 6. The fraction of sp³-hybridized carbons (Fsp3) is 0.333. The van der Waals surface area contributed by atoms with Crippen LogP contribution in [0, 0.1) is 13.8 Å². The van der Waals surface area contributed by atoms with E-state index in [9.17, 15) is 9.90 Å². The highest BCUT2D eigenvalue weighted by atomic mass is 16.3. The van der Waals surface area contributed by atoms with Crippen LogP contribution in [0.15, 0.2) is 48.5 Å². The molecule has 0 fully saturated rings. The third-order valence-corrected chi connectivity index (χ3v) is 6.46. The van der Waals surface area contributed by atoms with Gasteiger partial charge in [-0.2, -0.15) is 5.21 Å². The standard InChI is InChI=1S/C27H29N7O2/c1-17-7-11-19(12-8-17)24-25(20-13-9-18(2)10-14-20)29-26-21(28-24)16-22(35)27(36)34(26)15-5-3-4-6-23-30-32-33-31-23/h7-14,22,35H,3-6,15-16H2,1-2H3,(H,30,31,32,33)/t22-/m0/s1. The van der Waals surface area contributed by atoms with Crippen LogP contribution < -0.4 is 4.90 Å². The summed E-state index contributed by atoms with van der Waals surface area (Å²) in [5.41, 5.74) is 6.31. The Hall–Kier alpha value is -3.98. The van der Waals surface area contributed by atoms with E-state index in [1.807, 2.05) is 50.2 Å². The quantitative estimate of drug-likeness (QED) is 0.367. The minimum Gasteiger partial charge on any atom is -0.383 e. The molecule has 36 heavy (non-hydrogen) atoms. The Morgan fingerprint density at radius 1 is 0.917 bits per heavy atom. The molecule has 0 bridgehead atoms. The van der Waals surface area contributed by atoms with Crippen molar-refractivity contribution in [2.24, 2.45) is 0 Å². The van der Waals surface area contributed by atoms with Crippen LogP contribution in [-0.4, -0.2) is 54.3 Å². The van der Waals surface area contributed by atoms with Crippen molar-refractivity contribution in [1.82, 2.24) is 30.6 Å². The van der Waals surface area contributed by atoms with E-state index in [4.69, 9.17) is 9.97 Å². The van der Waals surface area contributed by atoms with Crippen LogP contribution in [0.25, 0.3) is 22.5 Å². The Labute approximate surface area is 209 Å². The van der Waals surface area contributed by atoms with Gasteiger partial charge in [0.2, 0.25) is 0 Å². The maximum Gasteiger partial charge on any atom is 0.257 e. The molecule has 0 unspecified atom stereocenters. The fourth-order valence-electron chi connectivity index (χ4n) is 4.43. The first-order valence-corrected chi connectivity index (χ1v) is 12.3. The normalized spacial score (nSPS) is 15.2. The zero-order valence-corrected chi connectivity index (χ0v) is 20.5. The molecule has 184 valence electrons. The van der Waals surface area contributed by atoms with Gasteiger partial charge in [-0.3, -0.25) is 9.69 Å². The lowest BCUT2D eigenvalue weighted by atomic mass is 10.00. The first-order valence-electron chi connectivity index (χ1n) is 12.3. The topological polar surface area (TPSA) is 121 Å². The molecule has 2 aromatic carbocycles. The molecule has 5 rings (SSSR count). The fourth-order valence-corrected chi connectivity index (χ4v) is 4.43. The van der Waals surface area contributed by atoms with Gasteiger partial charge in [-0.25, -0.2) is 9.97 Å². The Morgan fingerprint density at radius 3 is 2.17 bits per heavy atom. The Kier molecular flexibility index (Phi) is 6.81. The number of nitrogens with one attached hydrogen (secondary N) is 1. The highest BCUT2D eigenvalue weighted by molar-refractivity contribution is 5.99. The predicted octanol–water partition coefficient (Wildman–Crippen LogP) is 3.60. The minimum atomic E-state index is -1.12. The SMILES string of the molecule is Cc1ccc(-c2nc3c(nc2-c2ccc(C)cc2)N(CCCCCc2nn[nH]n2)C(=O)[C@@H](O)C3)cc1. The minimum absolute atomic E-state index is 0.155. The number of aromatic nitrogens is 6. The molecule has 1 atom stereocenters. The van der Waals surface area contributed by atoms with E-state index < -0.39 is 6.10 Å². The van der Waals surface area contributed by atoms with Crippen molar-refractivity contribution in [1.29, 1.82) is 0 Å². The summed E-state index contributed by atoms with van der Waals surface area (Å²) in [7, 11) is 0. The van der Waals surface area contributed by atoms with Gasteiger partial charge in [0.25, 0.3) is 5.91 Å². The van der Waals surface area contributed by atoms with Crippen molar-refractivity contribution in [2.45, 2.75) is 52.1 Å². The number of amides is 1. The number of hydrogen-bond donors (Lipinski definition) is 2. The molecule has 1 amide bonds. The van der Waals surface area contributed by atoms with Crippen molar-refractivity contribution in [3.8, 4) is 22.5 Å². The van der Waals surface area contributed by atoms with Gasteiger partial charge in [0.05, 0.1) is 17.1 Å². The Bertz CT molecular complexity index is 1340. The van der Waals surface area contributed by atoms with Crippen molar-refractivity contribution >= 4 is 11.7 Å². The van der Waals surface area contributed by atoms with Gasteiger partial charge in [-0.05, 0) is 26.7 Å². The van der Waals surface area contributed by atoms with Crippen LogP contribution in [0.2, 0.25) is 0 Å². The number of hydrogen-bond acceptors (Lipinski definition) is 7. The number of anilines is 1. The number of carbonyl (C=O) groups is 1. The Balaban J connectivity index is 1.47. The summed E-state index contributed by atoms with van der Waals surface area (Å²) in [5.74, 6) is 0.893. The lowest BCUT2D eigenvalue weighted by Gasteiger charge is -2.31. The highest BCUT2D eigenvalue weighted by Gasteiger charge is 2.34. The van der Waals surface area contributed by atoms with Crippen molar-refractivity contribution in [3.05, 3.63) is 71.2 Å². The van der Waals surface area contributed by atoms with E-state index in [0.717, 1.165) is 59.3 Å². The van der Waals surface area contributed by atoms with Crippen LogP contribution >= 0.6 is 0 Å². The zero-order valence-electron chi connectivity index (χ0n) is 20.5. The molecule has 1 aliphatic rings. The highest BCUT2D eigenvalue weighted by Crippen LogP contribution is 2.35. The van der Waals surface area contributed by atoms with Gasteiger partial charge in [0.15, 0.2) is 11.6 Å². The Morgan fingerprint density at radius 2 is 1.56 bits per heavy atom. The molecular weight excluding hydrogens is 454 g/mol. The molecule has 2 N–H and O–H groups in total. The number of aliphatic hydroxyl groups excluding tert-OH is 1. The number of benzene rings is 2. The second-order valence-corrected chi connectivity index (χ2v) is 9.27. The second-order valence-electron chi connectivity index (χ2n) is 9.27. The first kappa shape index (κ1) is 23.7. The van der Waals surface area contributed by atoms with Crippen molar-refractivity contribution in [3.63, 3.8) is 0 Å². The third kappa shape index (κ3) is 5.01. The van der Waals surface area contributed by atoms with Gasteiger partial charge in [0.1, 0.15) is 6.10 Å². The molecule has 0 saturated carbocycles. The molecule has 4 aromatic rings.